The summed E-state index contributed by atoms with van der Waals surface area (Å²) in [5, 5.41) is 8.71. The molecule has 5 heteroatoms. The normalized spacial score (nSPS) is 17.6. The van der Waals surface area contributed by atoms with Crippen LogP contribution >= 0.6 is 0 Å². The molecule has 16 heavy (non-hydrogen) atoms. The zero-order valence-corrected chi connectivity index (χ0v) is 9.38. The summed E-state index contributed by atoms with van der Waals surface area (Å²) in [4.78, 5) is 4.16. The highest BCUT2D eigenvalue weighted by Gasteiger charge is 2.27. The molecule has 0 amide bonds. The molecule has 2 rings (SSSR count). The second-order valence-corrected chi connectivity index (χ2v) is 4.13. The third-order valence-electron chi connectivity index (χ3n) is 2.80. The second-order valence-electron chi connectivity index (χ2n) is 4.13. The molecule has 0 bridgehead atoms. The molecule has 1 aliphatic carbocycles. The molecule has 0 saturated heterocycles. The minimum absolute atomic E-state index is 0.102. The maximum absolute atomic E-state index is 8.71. The smallest absolute Gasteiger partial charge is 0.111 e. The highest BCUT2D eigenvalue weighted by molar-refractivity contribution is 5.07. The summed E-state index contributed by atoms with van der Waals surface area (Å²) >= 11 is 0. The summed E-state index contributed by atoms with van der Waals surface area (Å²) < 4.78 is 7.81. The molecule has 1 aromatic heterocycles. The van der Waals surface area contributed by atoms with Gasteiger partial charge in [0.25, 0.3) is 0 Å². The van der Waals surface area contributed by atoms with Gasteiger partial charge in [-0.3, -0.25) is 0 Å². The molecule has 1 saturated carbocycles. The Morgan fingerprint density at radius 3 is 3.06 bits per heavy atom. The zero-order chi connectivity index (χ0) is 11.4. The minimum Gasteiger partial charge on any atom is -0.396 e. The van der Waals surface area contributed by atoms with Gasteiger partial charge in [0.15, 0.2) is 0 Å². The summed E-state index contributed by atoms with van der Waals surface area (Å²) in [6.45, 7) is 1.14. The number of hydrogen-bond donors (Lipinski definition) is 2. The van der Waals surface area contributed by atoms with E-state index in [2.05, 4.69) is 9.55 Å². The van der Waals surface area contributed by atoms with Gasteiger partial charge in [-0.1, -0.05) is 0 Å². The average Bonchev–Trinajstić information content (AvgIpc) is 3.04. The van der Waals surface area contributed by atoms with E-state index < -0.39 is 0 Å². The fraction of sp³-hybridized carbons (Fsp3) is 0.727. The van der Waals surface area contributed by atoms with E-state index in [1.807, 2.05) is 12.5 Å². The van der Waals surface area contributed by atoms with Crippen LogP contribution in [0.4, 0.5) is 0 Å². The van der Waals surface area contributed by atoms with Crippen molar-refractivity contribution in [2.75, 3.05) is 19.8 Å². The number of ether oxygens (including phenoxy) is 1. The Bertz CT molecular complexity index is 323. The zero-order valence-electron chi connectivity index (χ0n) is 9.38. The first-order valence-corrected chi connectivity index (χ1v) is 5.81. The molecule has 1 unspecified atom stereocenters. The largest absolute Gasteiger partial charge is 0.396 e. The maximum Gasteiger partial charge on any atom is 0.111 e. The molecule has 3 N–H and O–H groups in total. The number of imidazole rings is 1. The van der Waals surface area contributed by atoms with E-state index in [-0.39, 0.29) is 12.7 Å². The number of hydrogen-bond acceptors (Lipinski definition) is 4. The molecule has 1 heterocycles. The van der Waals surface area contributed by atoms with Gasteiger partial charge in [-0.05, 0) is 19.3 Å². The molecule has 0 radical (unpaired) electrons. The number of aliphatic hydroxyl groups excluding tert-OH is 1. The highest BCUT2D eigenvalue weighted by atomic mass is 16.5. The number of aromatic nitrogens is 2. The van der Waals surface area contributed by atoms with E-state index in [0.717, 1.165) is 5.69 Å². The van der Waals surface area contributed by atoms with Crippen LogP contribution in [0.5, 0.6) is 0 Å². The molecule has 1 fully saturated rings. The number of nitrogens with zero attached hydrogens (tertiary/aromatic N) is 2. The number of aliphatic hydroxyl groups is 1. The Morgan fingerprint density at radius 1 is 1.62 bits per heavy atom. The predicted molar refractivity (Wildman–Crippen MR) is 59.9 cm³/mol. The third-order valence-corrected chi connectivity index (χ3v) is 2.80. The van der Waals surface area contributed by atoms with Crippen LogP contribution in [-0.2, 0) is 4.74 Å². The first kappa shape index (κ1) is 11.6. The molecule has 90 valence electrons. The van der Waals surface area contributed by atoms with Gasteiger partial charge in [0.1, 0.15) is 6.10 Å². The van der Waals surface area contributed by atoms with Crippen molar-refractivity contribution in [3.05, 3.63) is 18.2 Å². The first-order chi connectivity index (χ1) is 7.86. The molecule has 0 spiro atoms. The van der Waals surface area contributed by atoms with Gasteiger partial charge in [-0.2, -0.15) is 0 Å². The lowest BCUT2D eigenvalue weighted by Crippen LogP contribution is -2.19. The summed E-state index contributed by atoms with van der Waals surface area (Å²) in [5.41, 5.74) is 6.77. The van der Waals surface area contributed by atoms with E-state index >= 15 is 0 Å². The average molecular weight is 225 g/mol. The number of nitrogens with two attached hydrogens (primary N) is 1. The molecule has 0 aliphatic heterocycles. The van der Waals surface area contributed by atoms with Crippen LogP contribution in [0.25, 0.3) is 0 Å². The molecular weight excluding hydrogens is 206 g/mol. The van der Waals surface area contributed by atoms with Gasteiger partial charge in [-0.15, -0.1) is 0 Å². The van der Waals surface area contributed by atoms with Crippen LogP contribution in [0.3, 0.4) is 0 Å². The highest BCUT2D eigenvalue weighted by Crippen LogP contribution is 2.37. The van der Waals surface area contributed by atoms with E-state index in [4.69, 9.17) is 15.6 Å². The third kappa shape index (κ3) is 2.61. The van der Waals surface area contributed by atoms with Crippen LogP contribution in [-0.4, -0.2) is 34.4 Å². The lowest BCUT2D eigenvalue weighted by Gasteiger charge is -2.17. The van der Waals surface area contributed by atoms with Gasteiger partial charge in [-0.25, -0.2) is 4.98 Å². The van der Waals surface area contributed by atoms with E-state index in [9.17, 15) is 0 Å². The Hall–Kier alpha value is -0.910. The van der Waals surface area contributed by atoms with Crippen molar-refractivity contribution in [1.82, 2.24) is 9.55 Å². The maximum atomic E-state index is 8.71. The first-order valence-electron chi connectivity index (χ1n) is 5.81. The van der Waals surface area contributed by atoms with Crippen LogP contribution in [0.1, 0.15) is 37.1 Å². The molecular formula is C11H19N3O2. The van der Waals surface area contributed by atoms with E-state index in [1.54, 1.807) is 0 Å². The van der Waals surface area contributed by atoms with Crippen molar-refractivity contribution in [1.29, 1.82) is 0 Å². The molecule has 0 aromatic carbocycles. The molecule has 5 nitrogen and oxygen atoms in total. The van der Waals surface area contributed by atoms with E-state index in [0.29, 0.717) is 25.6 Å². The standard InChI is InChI=1S/C11H19N3O2/c12-6-11(16-5-1-4-15)10-7-13-8-14(10)9-2-3-9/h7-9,11,15H,1-6,12H2. The van der Waals surface area contributed by atoms with Crippen LogP contribution in [0.15, 0.2) is 12.5 Å². The van der Waals surface area contributed by atoms with Crippen LogP contribution in [0, 0.1) is 0 Å². The van der Waals surface area contributed by atoms with Crippen molar-refractivity contribution < 1.29 is 9.84 Å². The van der Waals surface area contributed by atoms with Gasteiger partial charge < -0.3 is 20.1 Å². The quantitative estimate of drug-likeness (QED) is 0.667. The summed E-state index contributed by atoms with van der Waals surface area (Å²) in [5.74, 6) is 0. The summed E-state index contributed by atoms with van der Waals surface area (Å²) in [6, 6.07) is 0.591. The van der Waals surface area contributed by atoms with Crippen molar-refractivity contribution in [2.24, 2.45) is 5.73 Å². The number of rotatable bonds is 7. The topological polar surface area (TPSA) is 73.3 Å². The van der Waals surface area contributed by atoms with Gasteiger partial charge in [0, 0.05) is 25.8 Å². The lowest BCUT2D eigenvalue weighted by atomic mass is 10.2. The summed E-state index contributed by atoms with van der Waals surface area (Å²) in [7, 11) is 0. The molecule has 1 aromatic rings. The Morgan fingerprint density at radius 2 is 2.44 bits per heavy atom. The van der Waals surface area contributed by atoms with Crippen molar-refractivity contribution >= 4 is 0 Å². The van der Waals surface area contributed by atoms with Crippen molar-refractivity contribution in [2.45, 2.75) is 31.4 Å². The van der Waals surface area contributed by atoms with Crippen LogP contribution < -0.4 is 5.73 Å². The van der Waals surface area contributed by atoms with Gasteiger partial charge >= 0.3 is 0 Å². The van der Waals surface area contributed by atoms with E-state index in [1.165, 1.54) is 12.8 Å². The minimum atomic E-state index is -0.102. The predicted octanol–water partition coefficient (Wildman–Crippen LogP) is 0.617. The molecule has 1 atom stereocenters. The Balaban J connectivity index is 1.98. The summed E-state index contributed by atoms with van der Waals surface area (Å²) in [6.07, 6.45) is 6.66. The molecule has 1 aliphatic rings. The fourth-order valence-electron chi connectivity index (χ4n) is 1.79. The van der Waals surface area contributed by atoms with Crippen molar-refractivity contribution in [3.8, 4) is 0 Å². The SMILES string of the molecule is NCC(OCCCO)c1cncn1C1CC1. The van der Waals surface area contributed by atoms with Gasteiger partial charge in [0.2, 0.25) is 0 Å². The van der Waals surface area contributed by atoms with Gasteiger partial charge in [0.05, 0.1) is 18.2 Å². The van der Waals surface area contributed by atoms with Crippen LogP contribution in [0.2, 0.25) is 0 Å². The Kier molecular flexibility index (Phi) is 3.93. The Labute approximate surface area is 95.2 Å². The lowest BCUT2D eigenvalue weighted by molar-refractivity contribution is 0.0439. The van der Waals surface area contributed by atoms with Crippen molar-refractivity contribution in [3.63, 3.8) is 0 Å². The fourth-order valence-corrected chi connectivity index (χ4v) is 1.79. The second kappa shape index (κ2) is 5.43. The monoisotopic (exact) mass is 225 g/mol.